The number of hydrogen-bond acceptors (Lipinski definition) is 3. The molecular weight excluding hydrogens is 242 g/mol. The van der Waals surface area contributed by atoms with Crippen LogP contribution < -0.4 is 5.56 Å². The average molecular weight is 259 g/mol. The molecular formula is C14H17N3O2. The molecule has 0 bridgehead atoms. The minimum Gasteiger partial charge on any atom is -0.299 e. The van der Waals surface area contributed by atoms with Crippen molar-refractivity contribution < 1.29 is 4.79 Å². The monoisotopic (exact) mass is 259 g/mol. The summed E-state index contributed by atoms with van der Waals surface area (Å²) in [5.41, 5.74) is 1.11. The Hall–Kier alpha value is -2.17. The Morgan fingerprint density at radius 3 is 2.89 bits per heavy atom. The zero-order valence-electron chi connectivity index (χ0n) is 11.1. The van der Waals surface area contributed by atoms with Crippen LogP contribution in [0, 0.1) is 0 Å². The summed E-state index contributed by atoms with van der Waals surface area (Å²) in [4.78, 5) is 28.4. The second-order valence-corrected chi connectivity index (χ2v) is 4.50. The summed E-state index contributed by atoms with van der Waals surface area (Å²) in [6, 6.07) is 3.36. The van der Waals surface area contributed by atoms with E-state index in [2.05, 4.69) is 17.0 Å². The van der Waals surface area contributed by atoms with E-state index in [0.717, 1.165) is 12.8 Å². The first kappa shape index (κ1) is 13.3. The van der Waals surface area contributed by atoms with Crippen molar-refractivity contribution in [1.29, 1.82) is 0 Å². The molecule has 0 spiro atoms. The molecule has 0 radical (unpaired) electrons. The normalized spacial score (nSPS) is 10.6. The Kier molecular flexibility index (Phi) is 3.94. The first-order chi connectivity index (χ1) is 9.15. The van der Waals surface area contributed by atoms with E-state index in [4.69, 9.17) is 0 Å². The molecule has 0 amide bonds. The Balaban J connectivity index is 2.44. The molecule has 0 aliphatic heterocycles. The second kappa shape index (κ2) is 5.65. The van der Waals surface area contributed by atoms with Crippen LogP contribution >= 0.6 is 0 Å². The van der Waals surface area contributed by atoms with E-state index < -0.39 is 0 Å². The lowest BCUT2D eigenvalue weighted by atomic mass is 10.0. The van der Waals surface area contributed by atoms with Crippen molar-refractivity contribution in [3.8, 4) is 0 Å². The maximum absolute atomic E-state index is 12.4. The minimum absolute atomic E-state index is 0.240. The van der Waals surface area contributed by atoms with E-state index in [1.54, 1.807) is 25.4 Å². The van der Waals surface area contributed by atoms with Gasteiger partial charge in [-0.3, -0.25) is 24.4 Å². The predicted octanol–water partition coefficient (Wildman–Crippen LogP) is 1.68. The van der Waals surface area contributed by atoms with Gasteiger partial charge >= 0.3 is 0 Å². The van der Waals surface area contributed by atoms with Gasteiger partial charge in [0.05, 0.1) is 0 Å². The van der Waals surface area contributed by atoms with Crippen LogP contribution in [0.3, 0.4) is 0 Å². The molecule has 5 nitrogen and oxygen atoms in total. The maximum Gasteiger partial charge on any atom is 0.277 e. The van der Waals surface area contributed by atoms with E-state index >= 15 is 0 Å². The van der Waals surface area contributed by atoms with Crippen molar-refractivity contribution >= 4 is 5.78 Å². The summed E-state index contributed by atoms with van der Waals surface area (Å²) in [6.07, 6.45) is 5.74. The lowest BCUT2D eigenvalue weighted by Crippen LogP contribution is -2.19. The number of H-pyrrole nitrogens is 1. The van der Waals surface area contributed by atoms with Gasteiger partial charge in [-0.25, -0.2) is 0 Å². The van der Waals surface area contributed by atoms with Gasteiger partial charge in [-0.2, -0.15) is 0 Å². The number of aromatic amines is 1. The number of nitrogens with zero attached hydrogens (tertiary/aromatic N) is 2. The highest BCUT2D eigenvalue weighted by Gasteiger charge is 2.20. The zero-order valence-corrected chi connectivity index (χ0v) is 11.1. The number of nitrogens with one attached hydrogen (secondary N) is 1. The third-order valence-electron chi connectivity index (χ3n) is 3.05. The van der Waals surface area contributed by atoms with Gasteiger partial charge in [0.1, 0.15) is 5.56 Å². The van der Waals surface area contributed by atoms with Crippen molar-refractivity contribution in [3.63, 3.8) is 0 Å². The fourth-order valence-electron chi connectivity index (χ4n) is 2.02. The van der Waals surface area contributed by atoms with Crippen LogP contribution in [0.1, 0.15) is 41.4 Å². The molecule has 0 fully saturated rings. The van der Waals surface area contributed by atoms with Gasteiger partial charge in [-0.05, 0) is 25.0 Å². The second-order valence-electron chi connectivity index (χ2n) is 4.50. The summed E-state index contributed by atoms with van der Waals surface area (Å²) in [6.45, 7) is 2.07. The summed E-state index contributed by atoms with van der Waals surface area (Å²) in [5, 5.41) is 2.96. The van der Waals surface area contributed by atoms with Crippen LogP contribution in [0.2, 0.25) is 0 Å². The van der Waals surface area contributed by atoms with Gasteiger partial charge in [0.2, 0.25) is 5.78 Å². The zero-order chi connectivity index (χ0) is 13.8. The first-order valence-corrected chi connectivity index (χ1v) is 6.37. The third-order valence-corrected chi connectivity index (χ3v) is 3.05. The quantitative estimate of drug-likeness (QED) is 0.831. The molecule has 1 N–H and O–H groups in total. The SMILES string of the molecule is CCCCc1[nH]n(C)c(=O)c1C(=O)c1cccnc1. The summed E-state index contributed by atoms with van der Waals surface area (Å²) in [5.74, 6) is -0.263. The van der Waals surface area contributed by atoms with E-state index in [0.29, 0.717) is 17.7 Å². The Morgan fingerprint density at radius 2 is 2.26 bits per heavy atom. The molecule has 0 unspecified atom stereocenters. The summed E-state index contributed by atoms with van der Waals surface area (Å²) >= 11 is 0. The molecule has 5 heteroatoms. The van der Waals surface area contributed by atoms with Crippen LogP contribution in [0.25, 0.3) is 0 Å². The Labute approximate surface area is 111 Å². The summed E-state index contributed by atoms with van der Waals surface area (Å²) < 4.78 is 1.36. The van der Waals surface area contributed by atoms with Crippen molar-refractivity contribution in [1.82, 2.24) is 14.8 Å². The number of ketones is 1. The van der Waals surface area contributed by atoms with Gasteiger partial charge in [-0.1, -0.05) is 13.3 Å². The number of aromatic nitrogens is 3. The highest BCUT2D eigenvalue weighted by molar-refractivity contribution is 6.09. The van der Waals surface area contributed by atoms with Crippen LogP contribution in [-0.4, -0.2) is 20.5 Å². The Morgan fingerprint density at radius 1 is 1.47 bits per heavy atom. The average Bonchev–Trinajstić information content (AvgIpc) is 2.72. The molecule has 2 aromatic heterocycles. The van der Waals surface area contributed by atoms with Crippen molar-refractivity contribution in [3.05, 3.63) is 51.7 Å². The standard InChI is InChI=1S/C14H17N3O2/c1-3-4-7-11-12(14(19)17(2)16-11)13(18)10-6-5-8-15-9-10/h5-6,8-9,16H,3-4,7H2,1-2H3. The largest absolute Gasteiger partial charge is 0.299 e. The van der Waals surface area contributed by atoms with E-state index in [1.807, 2.05) is 0 Å². The first-order valence-electron chi connectivity index (χ1n) is 6.37. The van der Waals surface area contributed by atoms with Gasteiger partial charge in [-0.15, -0.1) is 0 Å². The van der Waals surface area contributed by atoms with E-state index in [9.17, 15) is 9.59 Å². The van der Waals surface area contributed by atoms with Gasteiger partial charge < -0.3 is 0 Å². The lowest BCUT2D eigenvalue weighted by Gasteiger charge is -2.00. The van der Waals surface area contributed by atoms with Crippen LogP contribution in [0.15, 0.2) is 29.3 Å². The van der Waals surface area contributed by atoms with Crippen LogP contribution in [0.4, 0.5) is 0 Å². The fourth-order valence-corrected chi connectivity index (χ4v) is 2.02. The molecule has 2 heterocycles. The summed E-state index contributed by atoms with van der Waals surface area (Å²) in [7, 11) is 1.62. The predicted molar refractivity (Wildman–Crippen MR) is 72.3 cm³/mol. The molecule has 0 aromatic carbocycles. The van der Waals surface area contributed by atoms with Crippen LogP contribution in [0.5, 0.6) is 0 Å². The van der Waals surface area contributed by atoms with E-state index in [1.165, 1.54) is 10.9 Å². The highest BCUT2D eigenvalue weighted by Crippen LogP contribution is 2.11. The van der Waals surface area contributed by atoms with Gasteiger partial charge in [0, 0.05) is 30.7 Å². The number of hydrogen-bond donors (Lipinski definition) is 1. The number of pyridine rings is 1. The number of rotatable bonds is 5. The molecule has 0 aliphatic carbocycles. The third kappa shape index (κ3) is 2.65. The Bertz CT molecular complexity index is 626. The molecule has 100 valence electrons. The van der Waals surface area contributed by atoms with Gasteiger partial charge in [0.25, 0.3) is 5.56 Å². The maximum atomic E-state index is 12.4. The smallest absolute Gasteiger partial charge is 0.277 e. The van der Waals surface area contributed by atoms with E-state index in [-0.39, 0.29) is 16.9 Å². The molecule has 0 saturated heterocycles. The lowest BCUT2D eigenvalue weighted by molar-refractivity contribution is 0.103. The van der Waals surface area contributed by atoms with Crippen molar-refractivity contribution in [2.24, 2.45) is 7.05 Å². The fraction of sp³-hybridized carbons (Fsp3) is 0.357. The number of unbranched alkanes of at least 4 members (excludes halogenated alkanes) is 1. The van der Waals surface area contributed by atoms with Crippen molar-refractivity contribution in [2.45, 2.75) is 26.2 Å². The molecule has 0 saturated carbocycles. The number of carbonyl (C=O) groups is 1. The van der Waals surface area contributed by atoms with Crippen LogP contribution in [-0.2, 0) is 13.5 Å². The number of carbonyl (C=O) groups excluding carboxylic acids is 1. The molecule has 0 atom stereocenters. The van der Waals surface area contributed by atoms with Gasteiger partial charge in [0.15, 0.2) is 0 Å². The topological polar surface area (TPSA) is 67.8 Å². The molecule has 2 aromatic rings. The highest BCUT2D eigenvalue weighted by atomic mass is 16.2. The molecule has 2 rings (SSSR count). The molecule has 19 heavy (non-hydrogen) atoms. The number of aryl methyl sites for hydroxylation is 2. The minimum atomic E-state index is -0.278. The van der Waals surface area contributed by atoms with Crippen molar-refractivity contribution in [2.75, 3.05) is 0 Å². The molecule has 0 aliphatic rings.